The van der Waals surface area contributed by atoms with Crippen molar-refractivity contribution in [3.8, 4) is 22.4 Å². The van der Waals surface area contributed by atoms with Crippen molar-refractivity contribution >= 4 is 23.2 Å². The molecule has 0 unspecified atom stereocenters. The molecule has 206 valence electrons. The highest BCUT2D eigenvalue weighted by atomic mass is 16.3. The van der Waals surface area contributed by atoms with E-state index < -0.39 is 5.60 Å². The van der Waals surface area contributed by atoms with E-state index in [1.807, 2.05) is 42.5 Å². The Labute approximate surface area is 232 Å². The van der Waals surface area contributed by atoms with E-state index in [1.54, 1.807) is 17.3 Å². The zero-order chi connectivity index (χ0) is 27.9. The van der Waals surface area contributed by atoms with E-state index in [4.69, 9.17) is 10.7 Å². The van der Waals surface area contributed by atoms with Gasteiger partial charge in [0.05, 0.1) is 23.1 Å². The lowest BCUT2D eigenvalue weighted by Gasteiger charge is -2.39. The Bertz CT molecular complexity index is 1550. The van der Waals surface area contributed by atoms with Gasteiger partial charge < -0.3 is 21.1 Å². The molecule has 2 saturated heterocycles. The summed E-state index contributed by atoms with van der Waals surface area (Å²) in [4.78, 5) is 37.3. The molecular formula is C30H33N7O3. The Balaban J connectivity index is 1.30. The number of Topliss-reactive ketones (excluding diaryl/α,β-unsaturated/α-hetero) is 1. The van der Waals surface area contributed by atoms with Gasteiger partial charge >= 0.3 is 0 Å². The maximum atomic E-state index is 13.1. The number of anilines is 1. The fraction of sp³-hybridized carbons (Fsp3) is 0.367. The molecule has 2 aliphatic rings. The lowest BCUT2D eigenvalue weighted by molar-refractivity contribution is -0.155. The molecule has 10 heteroatoms. The maximum Gasteiger partial charge on any atom is 0.254 e. The van der Waals surface area contributed by atoms with Crippen LogP contribution in [0.1, 0.15) is 54.6 Å². The fourth-order valence-electron chi connectivity index (χ4n) is 5.93. The van der Waals surface area contributed by atoms with Crippen molar-refractivity contribution < 1.29 is 14.7 Å². The maximum absolute atomic E-state index is 13.1. The third kappa shape index (κ3) is 4.63. The summed E-state index contributed by atoms with van der Waals surface area (Å²) in [5.41, 5.74) is 10.3. The van der Waals surface area contributed by atoms with Crippen molar-refractivity contribution in [3.63, 3.8) is 0 Å². The number of nitrogens with one attached hydrogen (secondary N) is 1. The van der Waals surface area contributed by atoms with E-state index in [9.17, 15) is 14.7 Å². The second-order valence-electron chi connectivity index (χ2n) is 10.8. The van der Waals surface area contributed by atoms with Gasteiger partial charge in [-0.3, -0.25) is 14.6 Å². The van der Waals surface area contributed by atoms with Gasteiger partial charge in [0.2, 0.25) is 0 Å². The molecule has 6 rings (SSSR count). The van der Waals surface area contributed by atoms with Crippen LogP contribution >= 0.6 is 0 Å². The minimum Gasteiger partial charge on any atom is -0.383 e. The largest absolute Gasteiger partial charge is 0.383 e. The number of amides is 1. The summed E-state index contributed by atoms with van der Waals surface area (Å²) >= 11 is 0. The topological polar surface area (TPSA) is 139 Å². The average Bonchev–Trinajstić information content (AvgIpc) is 3.42. The molecule has 4 N–H and O–H groups in total. The van der Waals surface area contributed by atoms with E-state index in [-0.39, 0.29) is 23.4 Å². The first-order valence-corrected chi connectivity index (χ1v) is 13.8. The number of ketones is 1. The number of carbonyl (C=O) groups excluding carboxylic acids is 2. The van der Waals surface area contributed by atoms with Crippen LogP contribution in [0.25, 0.3) is 28.0 Å². The number of fused-ring (bicyclic) bond motifs is 1. The van der Waals surface area contributed by atoms with Crippen molar-refractivity contribution in [2.24, 2.45) is 0 Å². The number of piperidine rings is 2. The summed E-state index contributed by atoms with van der Waals surface area (Å²) in [5, 5.41) is 18.6. The molecule has 2 fully saturated rings. The Morgan fingerprint density at radius 3 is 2.40 bits per heavy atom. The van der Waals surface area contributed by atoms with Gasteiger partial charge in [-0.1, -0.05) is 36.4 Å². The van der Waals surface area contributed by atoms with Crippen LogP contribution in [0, 0.1) is 0 Å². The van der Waals surface area contributed by atoms with Gasteiger partial charge in [0.1, 0.15) is 11.4 Å². The minimum atomic E-state index is -1.30. The smallest absolute Gasteiger partial charge is 0.254 e. The zero-order valence-electron chi connectivity index (χ0n) is 22.5. The number of carbonyl (C=O) groups is 2. The predicted octanol–water partition coefficient (Wildman–Crippen LogP) is 3.06. The summed E-state index contributed by atoms with van der Waals surface area (Å²) in [5.74, 6) is -0.170. The van der Waals surface area contributed by atoms with Gasteiger partial charge in [-0.15, -0.1) is 0 Å². The van der Waals surface area contributed by atoms with Gasteiger partial charge in [-0.2, -0.15) is 9.61 Å². The molecule has 40 heavy (non-hydrogen) atoms. The van der Waals surface area contributed by atoms with Crippen molar-refractivity contribution in [3.05, 3.63) is 66.1 Å². The molecule has 4 aromatic rings. The molecule has 5 heterocycles. The lowest BCUT2D eigenvalue weighted by atomic mass is 9.86. The number of rotatable bonds is 5. The first-order chi connectivity index (χ1) is 19.4. The van der Waals surface area contributed by atoms with Gasteiger partial charge in [0, 0.05) is 41.9 Å². The third-order valence-corrected chi connectivity index (χ3v) is 8.20. The highest BCUT2D eigenvalue weighted by Crippen LogP contribution is 2.36. The molecule has 0 radical (unpaired) electrons. The number of hydrogen-bond donors (Lipinski definition) is 3. The summed E-state index contributed by atoms with van der Waals surface area (Å²) in [6, 6.07) is 13.9. The molecule has 2 aliphatic heterocycles. The lowest BCUT2D eigenvalue weighted by Crippen LogP contribution is -2.55. The second-order valence-corrected chi connectivity index (χ2v) is 10.8. The number of nitrogens with two attached hydrogens (primary N) is 1. The van der Waals surface area contributed by atoms with Gasteiger partial charge in [-0.25, -0.2) is 4.98 Å². The monoisotopic (exact) mass is 539 g/mol. The molecule has 1 amide bonds. The molecule has 0 atom stereocenters. The molecule has 0 spiro atoms. The molecule has 3 aromatic heterocycles. The Morgan fingerprint density at radius 1 is 1.02 bits per heavy atom. The summed E-state index contributed by atoms with van der Waals surface area (Å²) < 4.78 is 1.52. The van der Waals surface area contributed by atoms with Gasteiger partial charge in [-0.05, 0) is 51.8 Å². The third-order valence-electron chi connectivity index (χ3n) is 8.20. The average molecular weight is 540 g/mol. The number of likely N-dealkylation sites (tertiary alicyclic amines) is 1. The first-order valence-electron chi connectivity index (χ1n) is 13.8. The van der Waals surface area contributed by atoms with Crippen molar-refractivity contribution in [2.45, 2.75) is 44.1 Å². The zero-order valence-corrected chi connectivity index (χ0v) is 22.5. The predicted molar refractivity (Wildman–Crippen MR) is 152 cm³/mol. The van der Waals surface area contributed by atoms with Crippen molar-refractivity contribution in [1.29, 1.82) is 0 Å². The van der Waals surface area contributed by atoms with Crippen LogP contribution in [-0.4, -0.2) is 73.1 Å². The summed E-state index contributed by atoms with van der Waals surface area (Å²) in [7, 11) is 0. The standard InChI is InChI=1S/C30H33N7O3/c1-19(38)25-26(21-9-15-36(16-10-21)29(39)30(40)11-13-32-14-12-30)35-28-23(18-34-37(28)27(25)31)22-7-8-24(33-17-22)20-5-3-2-4-6-20/h2-8,17-18,21,32,40H,9-16,31H2,1H3. The summed E-state index contributed by atoms with van der Waals surface area (Å²) in [6.07, 6.45) is 5.58. The van der Waals surface area contributed by atoms with Crippen LogP contribution in [0.5, 0.6) is 0 Å². The van der Waals surface area contributed by atoms with Crippen LogP contribution in [0.3, 0.4) is 0 Å². The van der Waals surface area contributed by atoms with Crippen molar-refractivity contribution in [2.75, 3.05) is 31.9 Å². The first kappa shape index (κ1) is 26.1. The van der Waals surface area contributed by atoms with E-state index in [0.717, 1.165) is 22.4 Å². The number of nitrogen functional groups attached to an aromatic ring is 1. The van der Waals surface area contributed by atoms with Gasteiger partial charge in [0.15, 0.2) is 11.4 Å². The van der Waals surface area contributed by atoms with Crippen molar-refractivity contribution in [1.82, 2.24) is 29.8 Å². The molecule has 0 saturated carbocycles. The molecular weight excluding hydrogens is 506 g/mol. The van der Waals surface area contributed by atoms with Crippen LogP contribution in [0.4, 0.5) is 5.82 Å². The Morgan fingerprint density at radius 2 is 1.75 bits per heavy atom. The van der Waals surface area contributed by atoms with Crippen LogP contribution < -0.4 is 11.1 Å². The highest BCUT2D eigenvalue weighted by molar-refractivity contribution is 6.00. The number of aliphatic hydroxyl groups is 1. The van der Waals surface area contributed by atoms with Crippen LogP contribution in [0.15, 0.2) is 54.9 Å². The number of pyridine rings is 1. The van der Waals surface area contributed by atoms with Crippen LogP contribution in [0.2, 0.25) is 0 Å². The fourth-order valence-corrected chi connectivity index (χ4v) is 5.93. The second kappa shape index (κ2) is 10.4. The summed E-state index contributed by atoms with van der Waals surface area (Å²) in [6.45, 7) is 3.72. The van der Waals surface area contributed by atoms with Gasteiger partial charge in [0.25, 0.3) is 5.91 Å². The Hall–Kier alpha value is -4.15. The number of benzene rings is 1. The number of hydrogen-bond acceptors (Lipinski definition) is 8. The van der Waals surface area contributed by atoms with Crippen LogP contribution in [-0.2, 0) is 4.79 Å². The van der Waals surface area contributed by atoms with E-state index in [0.29, 0.717) is 68.8 Å². The van der Waals surface area contributed by atoms with E-state index >= 15 is 0 Å². The molecule has 10 nitrogen and oxygen atoms in total. The van der Waals surface area contributed by atoms with E-state index in [2.05, 4.69) is 15.4 Å². The quantitative estimate of drug-likeness (QED) is 0.329. The number of aromatic nitrogens is 4. The van der Waals surface area contributed by atoms with E-state index in [1.165, 1.54) is 11.4 Å². The highest BCUT2D eigenvalue weighted by Gasteiger charge is 2.41. The molecule has 0 bridgehead atoms. The Kier molecular flexibility index (Phi) is 6.81. The number of nitrogens with zero attached hydrogens (tertiary/aromatic N) is 5. The SMILES string of the molecule is CC(=O)c1c(C2CCN(C(=O)C3(O)CCNCC3)CC2)nc2c(-c3ccc(-c4ccccc4)nc3)cnn2c1N. The molecule has 1 aromatic carbocycles. The normalized spacial score (nSPS) is 17.7. The molecule has 0 aliphatic carbocycles. The minimum absolute atomic E-state index is 0.0563.